The minimum absolute atomic E-state index is 0.130. The van der Waals surface area contributed by atoms with Crippen LogP contribution in [0.3, 0.4) is 0 Å². The van der Waals surface area contributed by atoms with Gasteiger partial charge in [0.25, 0.3) is 5.91 Å². The first-order valence-electron chi connectivity index (χ1n) is 8.24. The minimum Gasteiger partial charge on any atom is -0.322 e. The molecule has 2 fully saturated rings. The van der Waals surface area contributed by atoms with Crippen LogP contribution in [0.25, 0.3) is 0 Å². The van der Waals surface area contributed by atoms with E-state index in [1.165, 1.54) is 4.90 Å². The summed E-state index contributed by atoms with van der Waals surface area (Å²) in [4.78, 5) is 29.0. The van der Waals surface area contributed by atoms with E-state index in [9.17, 15) is 13.8 Å². The van der Waals surface area contributed by atoms with Crippen molar-refractivity contribution in [1.82, 2.24) is 15.1 Å². The second-order valence-corrected chi connectivity index (χ2v) is 8.24. The summed E-state index contributed by atoms with van der Waals surface area (Å²) in [5.41, 5.74) is -0.796. The van der Waals surface area contributed by atoms with Gasteiger partial charge in [-0.15, -0.1) is 0 Å². The largest absolute Gasteiger partial charge is 0.325 e. The van der Waals surface area contributed by atoms with Crippen LogP contribution < -0.4 is 5.32 Å². The van der Waals surface area contributed by atoms with E-state index in [2.05, 4.69) is 10.2 Å². The van der Waals surface area contributed by atoms with Gasteiger partial charge in [0.1, 0.15) is 5.54 Å². The Balaban J connectivity index is 1.59. The minimum atomic E-state index is -1.05. The molecule has 1 aromatic carbocycles. The number of likely N-dealkylation sites (tertiary alicyclic amines) is 1. The highest BCUT2D eigenvalue weighted by molar-refractivity contribution is 7.85. The Morgan fingerprint density at radius 1 is 1.25 bits per heavy atom. The van der Waals surface area contributed by atoms with Crippen LogP contribution in [-0.4, -0.2) is 62.9 Å². The van der Waals surface area contributed by atoms with Gasteiger partial charge >= 0.3 is 6.03 Å². The second kappa shape index (κ2) is 6.64. The lowest BCUT2D eigenvalue weighted by Gasteiger charge is -2.23. The molecule has 0 aromatic heterocycles. The molecule has 1 aromatic rings. The molecule has 0 bridgehead atoms. The van der Waals surface area contributed by atoms with Crippen molar-refractivity contribution >= 4 is 22.7 Å². The highest BCUT2D eigenvalue weighted by Gasteiger charge is 2.55. The number of rotatable bonds is 5. The summed E-state index contributed by atoms with van der Waals surface area (Å²) >= 11 is 0. The van der Waals surface area contributed by atoms with E-state index in [-0.39, 0.29) is 18.0 Å². The van der Waals surface area contributed by atoms with Crippen LogP contribution in [0.15, 0.2) is 35.2 Å². The number of nitrogens with zero attached hydrogens (tertiary/aromatic N) is 2. The number of hydrogen-bond acceptors (Lipinski definition) is 4. The summed E-state index contributed by atoms with van der Waals surface area (Å²) < 4.78 is 12.3. The Morgan fingerprint density at radius 3 is 2.58 bits per heavy atom. The first-order chi connectivity index (χ1) is 11.4. The molecule has 7 heteroatoms. The van der Waals surface area contributed by atoms with Gasteiger partial charge in [0.2, 0.25) is 0 Å². The highest BCUT2D eigenvalue weighted by Crippen LogP contribution is 2.29. The molecule has 0 aliphatic carbocycles. The predicted molar refractivity (Wildman–Crippen MR) is 92.0 cm³/mol. The molecule has 130 valence electrons. The van der Waals surface area contributed by atoms with Gasteiger partial charge in [0.15, 0.2) is 0 Å². The van der Waals surface area contributed by atoms with Crippen molar-refractivity contribution in [3.05, 3.63) is 30.3 Å². The predicted octanol–water partition coefficient (Wildman–Crippen LogP) is 1.20. The first kappa shape index (κ1) is 17.1. The van der Waals surface area contributed by atoms with Crippen molar-refractivity contribution in [2.45, 2.75) is 36.7 Å². The molecule has 2 aliphatic rings. The van der Waals surface area contributed by atoms with Crippen LogP contribution in [0.2, 0.25) is 0 Å². The summed E-state index contributed by atoms with van der Waals surface area (Å²) in [6.07, 6.45) is 0.610. The van der Waals surface area contributed by atoms with Crippen LogP contribution in [0.5, 0.6) is 0 Å². The van der Waals surface area contributed by atoms with Crippen LogP contribution in [0.4, 0.5) is 4.79 Å². The third-order valence-corrected chi connectivity index (χ3v) is 6.01. The van der Waals surface area contributed by atoms with Crippen LogP contribution in [-0.2, 0) is 15.6 Å². The maximum atomic E-state index is 12.6. The quantitative estimate of drug-likeness (QED) is 0.811. The van der Waals surface area contributed by atoms with Crippen molar-refractivity contribution in [3.63, 3.8) is 0 Å². The van der Waals surface area contributed by atoms with E-state index >= 15 is 0 Å². The molecule has 1 spiro atoms. The number of hydrogen-bond donors (Lipinski definition) is 1. The SMILES string of the molecule is CC(C)N1C(=O)NC2(CCN(CCS(=O)c3ccccc3)C2)C1=O. The smallest absolute Gasteiger partial charge is 0.322 e. The fourth-order valence-electron chi connectivity index (χ4n) is 3.37. The van der Waals surface area contributed by atoms with Gasteiger partial charge in [-0.3, -0.25) is 18.8 Å². The van der Waals surface area contributed by atoms with Crippen LogP contribution >= 0.6 is 0 Å². The van der Waals surface area contributed by atoms with Gasteiger partial charge in [-0.2, -0.15) is 0 Å². The Hall–Kier alpha value is -1.73. The first-order valence-corrected chi connectivity index (χ1v) is 9.56. The Labute approximate surface area is 144 Å². The standard InChI is InChI=1S/C17H23N3O3S/c1-13(2)20-15(21)17(18-16(20)22)8-9-19(12-17)10-11-24(23)14-6-4-3-5-7-14/h3-7,13H,8-12H2,1-2H3,(H,18,22). The summed E-state index contributed by atoms with van der Waals surface area (Å²) in [5.74, 6) is 0.394. The molecule has 6 nitrogen and oxygen atoms in total. The van der Waals surface area contributed by atoms with E-state index in [4.69, 9.17) is 0 Å². The lowest BCUT2D eigenvalue weighted by Crippen LogP contribution is -2.49. The summed E-state index contributed by atoms with van der Waals surface area (Å²) in [6, 6.07) is 8.95. The molecule has 3 amide bonds. The molecule has 2 heterocycles. The second-order valence-electron chi connectivity index (χ2n) is 6.67. The van der Waals surface area contributed by atoms with E-state index in [0.29, 0.717) is 25.3 Å². The molecule has 24 heavy (non-hydrogen) atoms. The zero-order valence-corrected chi connectivity index (χ0v) is 14.8. The summed E-state index contributed by atoms with van der Waals surface area (Å²) in [5, 5.41) is 2.88. The number of carbonyl (C=O) groups is 2. The number of nitrogens with one attached hydrogen (secondary N) is 1. The van der Waals surface area contributed by atoms with Crippen molar-refractivity contribution in [1.29, 1.82) is 0 Å². The molecule has 0 radical (unpaired) electrons. The van der Waals surface area contributed by atoms with Crippen LogP contribution in [0.1, 0.15) is 20.3 Å². The number of carbonyl (C=O) groups excluding carboxylic acids is 2. The lowest BCUT2D eigenvalue weighted by molar-refractivity contribution is -0.132. The molecule has 2 unspecified atom stereocenters. The van der Waals surface area contributed by atoms with Crippen molar-refractivity contribution in [2.24, 2.45) is 0 Å². The average Bonchev–Trinajstić information content (AvgIpc) is 3.07. The molecule has 1 N–H and O–H groups in total. The maximum absolute atomic E-state index is 12.6. The average molecular weight is 349 g/mol. The lowest BCUT2D eigenvalue weighted by atomic mass is 9.99. The van der Waals surface area contributed by atoms with E-state index < -0.39 is 16.3 Å². The number of benzene rings is 1. The van der Waals surface area contributed by atoms with Crippen molar-refractivity contribution in [3.8, 4) is 0 Å². The van der Waals surface area contributed by atoms with E-state index in [1.54, 1.807) is 0 Å². The third-order valence-electron chi connectivity index (χ3n) is 4.66. The summed E-state index contributed by atoms with van der Waals surface area (Å²) in [6.45, 7) is 5.54. The molecule has 2 saturated heterocycles. The van der Waals surface area contributed by atoms with Gasteiger partial charge in [-0.1, -0.05) is 18.2 Å². The molecule has 3 rings (SSSR count). The topological polar surface area (TPSA) is 69.7 Å². The normalized spacial score (nSPS) is 25.7. The Kier molecular flexibility index (Phi) is 4.73. The highest BCUT2D eigenvalue weighted by atomic mass is 32.2. The van der Waals surface area contributed by atoms with Crippen molar-refractivity contribution < 1.29 is 13.8 Å². The number of urea groups is 1. The monoisotopic (exact) mass is 349 g/mol. The number of amides is 3. The fourth-order valence-corrected chi connectivity index (χ4v) is 4.49. The fraction of sp³-hybridized carbons (Fsp3) is 0.529. The molecular formula is C17H23N3O3S. The zero-order chi connectivity index (χ0) is 17.3. The van der Waals surface area contributed by atoms with E-state index in [0.717, 1.165) is 11.4 Å². The molecule has 2 aliphatic heterocycles. The zero-order valence-electron chi connectivity index (χ0n) is 14.0. The Bertz CT molecular complexity index is 664. The van der Waals surface area contributed by atoms with Gasteiger partial charge in [0, 0.05) is 36.3 Å². The van der Waals surface area contributed by atoms with Crippen molar-refractivity contribution in [2.75, 3.05) is 25.4 Å². The van der Waals surface area contributed by atoms with Gasteiger partial charge in [-0.25, -0.2) is 4.79 Å². The maximum Gasteiger partial charge on any atom is 0.325 e. The Morgan fingerprint density at radius 2 is 1.96 bits per heavy atom. The molecular weight excluding hydrogens is 326 g/mol. The van der Waals surface area contributed by atoms with Gasteiger partial charge in [-0.05, 0) is 32.4 Å². The molecule has 0 saturated carbocycles. The van der Waals surface area contributed by atoms with Gasteiger partial charge < -0.3 is 5.32 Å². The third kappa shape index (κ3) is 3.10. The number of imide groups is 1. The summed E-state index contributed by atoms with van der Waals surface area (Å²) in [7, 11) is -1.05. The van der Waals surface area contributed by atoms with Gasteiger partial charge in [0.05, 0.1) is 10.8 Å². The molecule has 2 atom stereocenters. The van der Waals surface area contributed by atoms with E-state index in [1.807, 2.05) is 44.2 Å². The van der Waals surface area contributed by atoms with Crippen LogP contribution in [0, 0.1) is 0 Å².